The maximum atomic E-state index is 12.9. The van der Waals surface area contributed by atoms with Crippen LogP contribution in [0.3, 0.4) is 0 Å². The predicted octanol–water partition coefficient (Wildman–Crippen LogP) is 6.54. The third-order valence-corrected chi connectivity index (χ3v) is 7.03. The first kappa shape index (κ1) is 27.6. The van der Waals surface area contributed by atoms with Gasteiger partial charge in [-0.2, -0.15) is 0 Å². The third-order valence-electron chi connectivity index (χ3n) is 7.03. The van der Waals surface area contributed by atoms with Gasteiger partial charge in [-0.3, -0.25) is 0 Å². The Labute approximate surface area is 205 Å². The first-order valence-electron chi connectivity index (χ1n) is 11.9. The molecule has 2 rings (SSSR count). The number of Topliss-reactive ketones (excluding diaryl/α,β-unsaturated/α-hetero) is 1. The van der Waals surface area contributed by atoms with Crippen molar-refractivity contribution >= 4 is 5.78 Å². The SMILES string of the molecule is COc1cccc(OC)c1CC(CC(C)=O)(Cc1c(OC)cccc1OC)C(C)(C)CC(C)C. The second-order valence-electron chi connectivity index (χ2n) is 10.3. The van der Waals surface area contributed by atoms with Crippen LogP contribution in [-0.4, -0.2) is 34.2 Å². The second kappa shape index (κ2) is 11.6. The molecule has 0 aromatic heterocycles. The van der Waals surface area contributed by atoms with Gasteiger partial charge in [-0.15, -0.1) is 0 Å². The average molecular weight is 471 g/mol. The highest BCUT2D eigenvalue weighted by Gasteiger charge is 2.47. The summed E-state index contributed by atoms with van der Waals surface area (Å²) in [7, 11) is 6.70. The van der Waals surface area contributed by atoms with Crippen molar-refractivity contribution in [2.45, 2.75) is 60.3 Å². The molecule has 5 heteroatoms. The highest BCUT2D eigenvalue weighted by Crippen LogP contribution is 2.54. The quantitative estimate of drug-likeness (QED) is 0.332. The zero-order chi connectivity index (χ0) is 25.5. The van der Waals surface area contributed by atoms with Crippen LogP contribution in [-0.2, 0) is 17.6 Å². The van der Waals surface area contributed by atoms with E-state index in [1.165, 1.54) is 0 Å². The van der Waals surface area contributed by atoms with E-state index < -0.39 is 5.41 Å². The fourth-order valence-corrected chi connectivity index (χ4v) is 5.50. The Morgan fingerprint density at radius 2 is 1.12 bits per heavy atom. The summed E-state index contributed by atoms with van der Waals surface area (Å²) in [6.07, 6.45) is 2.59. The van der Waals surface area contributed by atoms with E-state index in [0.717, 1.165) is 40.5 Å². The van der Waals surface area contributed by atoms with Crippen LogP contribution in [0.5, 0.6) is 23.0 Å². The van der Waals surface area contributed by atoms with Gasteiger partial charge in [0.05, 0.1) is 28.4 Å². The van der Waals surface area contributed by atoms with Crippen LogP contribution >= 0.6 is 0 Å². The monoisotopic (exact) mass is 470 g/mol. The van der Waals surface area contributed by atoms with Gasteiger partial charge < -0.3 is 23.7 Å². The normalized spacial score (nSPS) is 11.9. The highest BCUT2D eigenvalue weighted by atomic mass is 16.5. The van der Waals surface area contributed by atoms with Crippen molar-refractivity contribution in [3.8, 4) is 23.0 Å². The zero-order valence-corrected chi connectivity index (χ0v) is 22.4. The standard InChI is InChI=1S/C29H42O5/c1-20(2)16-28(4,5)29(17-21(3)30,18-22-24(31-6)12-10-13-25(22)32-7)19-23-26(33-8)14-11-15-27(23)34-9/h10-15,20H,16-19H2,1-9H3. The molecule has 0 atom stereocenters. The van der Waals surface area contributed by atoms with Crippen molar-refractivity contribution in [2.75, 3.05) is 28.4 Å². The molecule has 2 aromatic rings. The number of ketones is 1. The molecule has 0 amide bonds. The third kappa shape index (κ3) is 6.05. The molecule has 5 nitrogen and oxygen atoms in total. The van der Waals surface area contributed by atoms with Gasteiger partial charge in [-0.1, -0.05) is 39.8 Å². The Morgan fingerprint density at radius 3 is 1.38 bits per heavy atom. The lowest BCUT2D eigenvalue weighted by Gasteiger charge is -2.49. The van der Waals surface area contributed by atoms with Crippen LogP contribution in [0.25, 0.3) is 0 Å². The van der Waals surface area contributed by atoms with E-state index in [9.17, 15) is 4.79 Å². The first-order chi connectivity index (χ1) is 16.0. The lowest BCUT2D eigenvalue weighted by molar-refractivity contribution is -0.122. The maximum Gasteiger partial charge on any atom is 0.130 e. The number of carbonyl (C=O) groups excluding carboxylic acids is 1. The summed E-state index contributed by atoms with van der Waals surface area (Å²) in [4.78, 5) is 12.9. The molecule has 188 valence electrons. The molecule has 2 aromatic carbocycles. The van der Waals surface area contributed by atoms with Crippen molar-refractivity contribution < 1.29 is 23.7 Å². The Morgan fingerprint density at radius 1 is 0.765 bits per heavy atom. The first-order valence-corrected chi connectivity index (χ1v) is 11.9. The summed E-state index contributed by atoms with van der Waals surface area (Å²) < 4.78 is 23.0. The molecule has 0 saturated carbocycles. The number of hydrogen-bond acceptors (Lipinski definition) is 5. The van der Waals surface area contributed by atoms with E-state index in [0.29, 0.717) is 25.2 Å². The summed E-state index contributed by atoms with van der Waals surface area (Å²) in [5, 5.41) is 0. The Kier molecular flexibility index (Phi) is 9.43. The number of carbonyl (C=O) groups is 1. The number of methoxy groups -OCH3 is 4. The smallest absolute Gasteiger partial charge is 0.130 e. The lowest BCUT2D eigenvalue weighted by atomic mass is 9.55. The fraction of sp³-hybridized carbons (Fsp3) is 0.552. The van der Waals surface area contributed by atoms with Crippen molar-refractivity contribution in [3.63, 3.8) is 0 Å². The second-order valence-corrected chi connectivity index (χ2v) is 10.3. The Balaban J connectivity index is 2.84. The summed E-state index contributed by atoms with van der Waals surface area (Å²) in [5.41, 5.74) is 1.29. The number of ether oxygens (including phenoxy) is 4. The number of hydrogen-bond donors (Lipinski definition) is 0. The van der Waals surface area contributed by atoms with Crippen molar-refractivity contribution in [1.29, 1.82) is 0 Å². The van der Waals surface area contributed by atoms with E-state index in [1.807, 2.05) is 36.4 Å². The number of benzene rings is 2. The molecule has 0 saturated heterocycles. The van der Waals surface area contributed by atoms with E-state index in [2.05, 4.69) is 27.7 Å². The molecular formula is C29H42O5. The molecule has 0 heterocycles. The van der Waals surface area contributed by atoms with Gasteiger partial charge in [0.25, 0.3) is 0 Å². The molecule has 0 aliphatic rings. The predicted molar refractivity (Wildman–Crippen MR) is 137 cm³/mol. The topological polar surface area (TPSA) is 54.0 Å². The number of rotatable bonds is 13. The maximum absolute atomic E-state index is 12.9. The van der Waals surface area contributed by atoms with Gasteiger partial charge in [-0.25, -0.2) is 0 Å². The van der Waals surface area contributed by atoms with Crippen molar-refractivity contribution in [3.05, 3.63) is 47.5 Å². The minimum absolute atomic E-state index is 0.152. The minimum Gasteiger partial charge on any atom is -0.496 e. The van der Waals surface area contributed by atoms with Crippen LogP contribution in [0.2, 0.25) is 0 Å². The summed E-state index contributed by atoms with van der Waals surface area (Å²) >= 11 is 0. The molecule has 0 fully saturated rings. The van der Waals surface area contributed by atoms with Gasteiger partial charge in [-0.05, 0) is 67.2 Å². The highest BCUT2D eigenvalue weighted by molar-refractivity contribution is 5.76. The molecule has 0 aliphatic carbocycles. The van der Waals surface area contributed by atoms with E-state index in [1.54, 1.807) is 35.4 Å². The van der Waals surface area contributed by atoms with Gasteiger partial charge in [0.2, 0.25) is 0 Å². The molecule has 0 aliphatic heterocycles. The van der Waals surface area contributed by atoms with E-state index in [4.69, 9.17) is 18.9 Å². The molecule has 0 bridgehead atoms. The largest absolute Gasteiger partial charge is 0.496 e. The summed E-state index contributed by atoms with van der Waals surface area (Å²) in [6.45, 7) is 10.7. The average Bonchev–Trinajstić information content (AvgIpc) is 2.77. The van der Waals surface area contributed by atoms with Gasteiger partial charge in [0.15, 0.2) is 0 Å². The van der Waals surface area contributed by atoms with E-state index in [-0.39, 0.29) is 11.2 Å². The van der Waals surface area contributed by atoms with Crippen LogP contribution in [0.1, 0.15) is 58.6 Å². The molecule has 0 radical (unpaired) electrons. The molecule has 0 spiro atoms. The summed E-state index contributed by atoms with van der Waals surface area (Å²) in [6, 6.07) is 11.7. The fourth-order valence-electron chi connectivity index (χ4n) is 5.50. The Hall–Kier alpha value is -2.69. The lowest BCUT2D eigenvalue weighted by Crippen LogP contribution is -2.44. The van der Waals surface area contributed by atoms with Crippen molar-refractivity contribution in [2.24, 2.45) is 16.7 Å². The van der Waals surface area contributed by atoms with Crippen LogP contribution in [0.15, 0.2) is 36.4 Å². The van der Waals surface area contributed by atoms with Crippen LogP contribution < -0.4 is 18.9 Å². The van der Waals surface area contributed by atoms with Crippen LogP contribution in [0.4, 0.5) is 0 Å². The van der Waals surface area contributed by atoms with Crippen LogP contribution in [0, 0.1) is 16.7 Å². The van der Waals surface area contributed by atoms with Gasteiger partial charge in [0.1, 0.15) is 28.8 Å². The van der Waals surface area contributed by atoms with Gasteiger partial charge >= 0.3 is 0 Å². The summed E-state index contributed by atoms with van der Waals surface area (Å²) in [5.74, 6) is 3.67. The van der Waals surface area contributed by atoms with E-state index >= 15 is 0 Å². The molecule has 0 N–H and O–H groups in total. The zero-order valence-electron chi connectivity index (χ0n) is 22.4. The molecule has 0 unspecified atom stereocenters. The Bertz CT molecular complexity index is 859. The minimum atomic E-state index is -0.451. The molecular weight excluding hydrogens is 428 g/mol. The molecule has 34 heavy (non-hydrogen) atoms. The van der Waals surface area contributed by atoms with Gasteiger partial charge in [0, 0.05) is 17.5 Å². The van der Waals surface area contributed by atoms with Crippen molar-refractivity contribution in [1.82, 2.24) is 0 Å².